The predicted molar refractivity (Wildman–Crippen MR) is 84.8 cm³/mol. The van der Waals surface area contributed by atoms with Gasteiger partial charge in [0.05, 0.1) is 0 Å². The van der Waals surface area contributed by atoms with Crippen LogP contribution in [0.2, 0.25) is 0 Å². The van der Waals surface area contributed by atoms with E-state index in [4.69, 9.17) is 0 Å². The Balaban J connectivity index is 0.00000176. The molecule has 0 radical (unpaired) electrons. The van der Waals surface area contributed by atoms with Crippen molar-refractivity contribution in [2.75, 3.05) is 26.2 Å². The molecule has 1 saturated carbocycles. The molecule has 0 spiro atoms. The number of benzene rings is 1. The summed E-state index contributed by atoms with van der Waals surface area (Å²) in [6.45, 7) is 1.38. The van der Waals surface area contributed by atoms with E-state index in [1.165, 1.54) is 24.8 Å². The van der Waals surface area contributed by atoms with E-state index in [2.05, 4.69) is 15.0 Å². The van der Waals surface area contributed by atoms with Gasteiger partial charge in [-0.15, -0.1) is 12.4 Å². The summed E-state index contributed by atoms with van der Waals surface area (Å²) in [4.78, 5) is 2.51. The quantitative estimate of drug-likeness (QED) is 0.863. The molecule has 1 aliphatic heterocycles. The number of alkyl halides is 2. The average molecular weight is 333 g/mol. The fraction of sp³-hybridized carbons (Fsp3) is 0.625. The van der Waals surface area contributed by atoms with Gasteiger partial charge in [-0.1, -0.05) is 25.0 Å². The van der Waals surface area contributed by atoms with E-state index < -0.39 is 6.61 Å². The average Bonchev–Trinajstić information content (AvgIpc) is 3.30. The van der Waals surface area contributed by atoms with Crippen LogP contribution in [-0.4, -0.2) is 37.7 Å². The molecule has 1 aromatic rings. The van der Waals surface area contributed by atoms with Crippen LogP contribution in [0.4, 0.5) is 8.78 Å². The molecule has 1 aliphatic carbocycles. The first-order valence-electron chi connectivity index (χ1n) is 7.72. The molecule has 22 heavy (non-hydrogen) atoms. The highest BCUT2D eigenvalue weighted by atomic mass is 35.5. The Labute approximate surface area is 136 Å². The SMILES string of the molecule is Cl.FC(F)Oc1ccc([C@@H](CC2CC2)N2CCNCC2)cc1. The van der Waals surface area contributed by atoms with E-state index in [9.17, 15) is 8.78 Å². The summed E-state index contributed by atoms with van der Waals surface area (Å²) in [5.74, 6) is 1.07. The summed E-state index contributed by atoms with van der Waals surface area (Å²) >= 11 is 0. The van der Waals surface area contributed by atoms with Gasteiger partial charge in [-0.25, -0.2) is 0 Å². The fourth-order valence-corrected chi connectivity index (χ4v) is 3.03. The van der Waals surface area contributed by atoms with Crippen molar-refractivity contribution in [1.82, 2.24) is 10.2 Å². The van der Waals surface area contributed by atoms with Gasteiger partial charge in [0.2, 0.25) is 0 Å². The van der Waals surface area contributed by atoms with E-state index in [0.717, 1.165) is 32.1 Å². The second-order valence-corrected chi connectivity index (χ2v) is 5.93. The number of hydrogen-bond acceptors (Lipinski definition) is 3. The van der Waals surface area contributed by atoms with Crippen molar-refractivity contribution in [2.24, 2.45) is 5.92 Å². The molecule has 0 unspecified atom stereocenters. The Bertz CT molecular complexity index is 448. The van der Waals surface area contributed by atoms with E-state index in [1.807, 2.05) is 12.1 Å². The lowest BCUT2D eigenvalue weighted by atomic mass is 9.98. The number of nitrogens with one attached hydrogen (secondary N) is 1. The van der Waals surface area contributed by atoms with Gasteiger partial charge < -0.3 is 10.1 Å². The summed E-state index contributed by atoms with van der Waals surface area (Å²) < 4.78 is 28.9. The molecule has 1 heterocycles. The molecule has 2 fully saturated rings. The maximum atomic E-state index is 12.2. The van der Waals surface area contributed by atoms with Gasteiger partial charge in [0.25, 0.3) is 0 Å². The lowest BCUT2D eigenvalue weighted by molar-refractivity contribution is -0.0498. The van der Waals surface area contributed by atoms with Crippen molar-refractivity contribution >= 4 is 12.4 Å². The number of hydrogen-bond donors (Lipinski definition) is 1. The molecule has 124 valence electrons. The highest BCUT2D eigenvalue weighted by Gasteiger charge is 2.30. The van der Waals surface area contributed by atoms with Gasteiger partial charge in [0.1, 0.15) is 5.75 Å². The second kappa shape index (κ2) is 8.09. The molecule has 1 atom stereocenters. The molecule has 1 aromatic carbocycles. The number of piperazine rings is 1. The Morgan fingerprint density at radius 1 is 1.14 bits per heavy atom. The van der Waals surface area contributed by atoms with Crippen LogP contribution in [0, 0.1) is 5.92 Å². The van der Waals surface area contributed by atoms with E-state index in [1.54, 1.807) is 12.1 Å². The highest BCUT2D eigenvalue weighted by Crippen LogP contribution is 2.40. The molecule has 3 nitrogen and oxygen atoms in total. The van der Waals surface area contributed by atoms with Crippen LogP contribution in [0.15, 0.2) is 24.3 Å². The summed E-state index contributed by atoms with van der Waals surface area (Å²) in [7, 11) is 0. The van der Waals surface area contributed by atoms with Crippen molar-refractivity contribution < 1.29 is 13.5 Å². The molecule has 6 heteroatoms. The number of rotatable bonds is 6. The standard InChI is InChI=1S/C16H22F2N2O.ClH/c17-16(18)21-14-5-3-13(4-6-14)15(11-12-1-2-12)20-9-7-19-8-10-20;/h3-6,12,15-16,19H,1-2,7-11H2;1H/t15-;/m1./s1. The van der Waals surface area contributed by atoms with Crippen molar-refractivity contribution in [3.05, 3.63) is 29.8 Å². The minimum Gasteiger partial charge on any atom is -0.435 e. The zero-order valence-electron chi connectivity index (χ0n) is 12.5. The molecule has 0 amide bonds. The first kappa shape index (κ1) is 17.4. The van der Waals surface area contributed by atoms with Crippen molar-refractivity contribution in [2.45, 2.75) is 31.9 Å². The molecule has 2 aliphatic rings. The number of halogens is 3. The van der Waals surface area contributed by atoms with Gasteiger partial charge >= 0.3 is 6.61 Å². The van der Waals surface area contributed by atoms with Crippen LogP contribution >= 0.6 is 12.4 Å². The smallest absolute Gasteiger partial charge is 0.387 e. The summed E-state index contributed by atoms with van der Waals surface area (Å²) in [5, 5.41) is 3.38. The fourth-order valence-electron chi connectivity index (χ4n) is 3.03. The third-order valence-corrected chi connectivity index (χ3v) is 4.34. The predicted octanol–water partition coefficient (Wildman–Crippen LogP) is 3.46. The van der Waals surface area contributed by atoms with Gasteiger partial charge in [0.15, 0.2) is 0 Å². The Kier molecular flexibility index (Phi) is 6.41. The first-order valence-corrected chi connectivity index (χ1v) is 7.72. The minimum atomic E-state index is -2.76. The largest absolute Gasteiger partial charge is 0.435 e. The normalized spacial score (nSPS) is 20.5. The van der Waals surface area contributed by atoms with Crippen molar-refractivity contribution in [3.63, 3.8) is 0 Å². The van der Waals surface area contributed by atoms with Crippen molar-refractivity contribution in [1.29, 1.82) is 0 Å². The zero-order chi connectivity index (χ0) is 14.7. The first-order chi connectivity index (χ1) is 10.2. The van der Waals surface area contributed by atoms with E-state index in [-0.39, 0.29) is 18.2 Å². The molecule has 0 bridgehead atoms. The molecule has 3 rings (SSSR count). The van der Waals surface area contributed by atoms with Crippen LogP contribution in [0.5, 0.6) is 5.75 Å². The Hall–Kier alpha value is -0.910. The Morgan fingerprint density at radius 2 is 1.77 bits per heavy atom. The van der Waals surface area contributed by atoms with Crippen LogP contribution < -0.4 is 10.1 Å². The van der Waals surface area contributed by atoms with E-state index in [0.29, 0.717) is 6.04 Å². The number of nitrogens with zero attached hydrogens (tertiary/aromatic N) is 1. The van der Waals surface area contributed by atoms with Crippen LogP contribution in [0.3, 0.4) is 0 Å². The molecule has 0 aromatic heterocycles. The van der Waals surface area contributed by atoms with Gasteiger partial charge in [-0.2, -0.15) is 8.78 Å². The molecule has 1 saturated heterocycles. The van der Waals surface area contributed by atoms with Crippen molar-refractivity contribution in [3.8, 4) is 5.75 Å². The van der Waals surface area contributed by atoms with Crippen LogP contribution in [0.25, 0.3) is 0 Å². The summed E-state index contributed by atoms with van der Waals surface area (Å²) in [6, 6.07) is 7.59. The van der Waals surface area contributed by atoms with Gasteiger partial charge in [-0.3, -0.25) is 4.90 Å². The maximum absolute atomic E-state index is 12.2. The van der Waals surface area contributed by atoms with Gasteiger partial charge in [0, 0.05) is 32.2 Å². The monoisotopic (exact) mass is 332 g/mol. The molecular weight excluding hydrogens is 310 g/mol. The molecule has 1 N–H and O–H groups in total. The lowest BCUT2D eigenvalue weighted by Crippen LogP contribution is -2.45. The van der Waals surface area contributed by atoms with E-state index >= 15 is 0 Å². The van der Waals surface area contributed by atoms with Crippen LogP contribution in [0.1, 0.15) is 30.9 Å². The maximum Gasteiger partial charge on any atom is 0.387 e. The molecular formula is C16H23ClF2N2O. The second-order valence-electron chi connectivity index (χ2n) is 5.93. The highest BCUT2D eigenvalue weighted by molar-refractivity contribution is 5.85. The third kappa shape index (κ3) is 4.80. The lowest BCUT2D eigenvalue weighted by Gasteiger charge is -2.35. The Morgan fingerprint density at radius 3 is 2.32 bits per heavy atom. The minimum absolute atomic E-state index is 0. The van der Waals surface area contributed by atoms with Gasteiger partial charge in [-0.05, 0) is 30.0 Å². The summed E-state index contributed by atoms with van der Waals surface area (Å²) in [5.41, 5.74) is 1.21. The topological polar surface area (TPSA) is 24.5 Å². The number of ether oxygens (including phenoxy) is 1. The summed E-state index contributed by atoms with van der Waals surface area (Å²) in [6.07, 6.45) is 3.83. The zero-order valence-corrected chi connectivity index (χ0v) is 13.3. The third-order valence-electron chi connectivity index (χ3n) is 4.34. The van der Waals surface area contributed by atoms with Crippen LogP contribution in [-0.2, 0) is 0 Å².